The van der Waals surface area contributed by atoms with Crippen molar-refractivity contribution in [2.75, 3.05) is 5.32 Å². The van der Waals surface area contributed by atoms with E-state index < -0.39 is 11.0 Å². The van der Waals surface area contributed by atoms with Gasteiger partial charge in [-0.15, -0.1) is 0 Å². The van der Waals surface area contributed by atoms with E-state index in [9.17, 15) is 20.0 Å². The number of nitrogens with one attached hydrogen (secondary N) is 2. The van der Waals surface area contributed by atoms with Gasteiger partial charge in [0.05, 0.1) is 11.5 Å². The molecule has 0 fully saturated rings. The highest BCUT2D eigenvalue weighted by molar-refractivity contribution is 6.33. The molecule has 0 saturated heterocycles. The van der Waals surface area contributed by atoms with Gasteiger partial charge in [0.1, 0.15) is 5.02 Å². The van der Waals surface area contributed by atoms with Gasteiger partial charge in [0.2, 0.25) is 0 Å². The number of carbonyl (C=O) groups excluding carboxylic acids is 1. The van der Waals surface area contributed by atoms with Gasteiger partial charge in [-0.05, 0) is 23.3 Å². The number of anilines is 1. The van der Waals surface area contributed by atoms with Crippen molar-refractivity contribution in [3.63, 3.8) is 0 Å². The summed E-state index contributed by atoms with van der Waals surface area (Å²) in [5.41, 5.74) is 1.64. The normalized spacial score (nSPS) is 10.2. The minimum absolute atomic E-state index is 0.0570. The molecule has 2 aromatic carbocycles. The predicted molar refractivity (Wildman–Crippen MR) is 86.3 cm³/mol. The monoisotopic (exact) mass is 335 g/mol. The SMILES string of the molecule is O=C(NCc1ccccc1CO)Nc1ccc([N+](=O)[O-])c(Cl)c1. The van der Waals surface area contributed by atoms with Crippen molar-refractivity contribution < 1.29 is 14.8 Å². The Kier molecular flexibility index (Phi) is 5.51. The van der Waals surface area contributed by atoms with E-state index in [-0.39, 0.29) is 23.9 Å². The molecule has 120 valence electrons. The summed E-state index contributed by atoms with van der Waals surface area (Å²) in [4.78, 5) is 21.9. The second-order valence-electron chi connectivity index (χ2n) is 4.66. The lowest BCUT2D eigenvalue weighted by Gasteiger charge is -2.10. The summed E-state index contributed by atoms with van der Waals surface area (Å²) in [6, 6.07) is 10.6. The largest absolute Gasteiger partial charge is 0.392 e. The quantitative estimate of drug-likeness (QED) is 0.577. The molecule has 2 rings (SSSR count). The molecule has 3 N–H and O–H groups in total. The first-order valence-corrected chi connectivity index (χ1v) is 7.05. The van der Waals surface area contributed by atoms with Gasteiger partial charge in [0, 0.05) is 18.3 Å². The maximum Gasteiger partial charge on any atom is 0.319 e. The molecule has 0 spiro atoms. The van der Waals surface area contributed by atoms with Crippen LogP contribution in [0.3, 0.4) is 0 Å². The van der Waals surface area contributed by atoms with Gasteiger partial charge in [0.25, 0.3) is 5.69 Å². The molecule has 0 atom stereocenters. The number of aliphatic hydroxyl groups is 1. The molecule has 2 amide bonds. The Hall–Kier alpha value is -2.64. The predicted octanol–water partition coefficient (Wildman–Crippen LogP) is 3.06. The molecule has 23 heavy (non-hydrogen) atoms. The average Bonchev–Trinajstić information content (AvgIpc) is 2.53. The zero-order valence-corrected chi connectivity index (χ0v) is 12.7. The van der Waals surface area contributed by atoms with Crippen LogP contribution in [-0.4, -0.2) is 16.1 Å². The number of carbonyl (C=O) groups is 1. The Morgan fingerprint density at radius 2 is 1.91 bits per heavy atom. The van der Waals surface area contributed by atoms with Crippen LogP contribution in [0.4, 0.5) is 16.2 Å². The number of aliphatic hydroxyl groups excluding tert-OH is 1. The Morgan fingerprint density at radius 1 is 1.22 bits per heavy atom. The van der Waals surface area contributed by atoms with Gasteiger partial charge in [-0.25, -0.2) is 4.79 Å². The zero-order valence-electron chi connectivity index (χ0n) is 12.0. The Morgan fingerprint density at radius 3 is 2.52 bits per heavy atom. The minimum Gasteiger partial charge on any atom is -0.392 e. The van der Waals surface area contributed by atoms with E-state index in [1.54, 1.807) is 18.2 Å². The van der Waals surface area contributed by atoms with E-state index in [4.69, 9.17) is 11.6 Å². The Balaban J connectivity index is 1.97. The number of amides is 2. The lowest BCUT2D eigenvalue weighted by atomic mass is 10.1. The summed E-state index contributed by atoms with van der Waals surface area (Å²) < 4.78 is 0. The first-order chi connectivity index (χ1) is 11.0. The number of urea groups is 1. The highest BCUT2D eigenvalue weighted by Crippen LogP contribution is 2.27. The number of benzene rings is 2. The van der Waals surface area contributed by atoms with E-state index >= 15 is 0 Å². The third-order valence-electron chi connectivity index (χ3n) is 3.13. The fraction of sp³-hybridized carbons (Fsp3) is 0.133. The van der Waals surface area contributed by atoms with Gasteiger partial charge in [-0.2, -0.15) is 0 Å². The van der Waals surface area contributed by atoms with Crippen molar-refractivity contribution in [1.29, 1.82) is 0 Å². The van der Waals surface area contributed by atoms with E-state index in [1.165, 1.54) is 18.2 Å². The second-order valence-corrected chi connectivity index (χ2v) is 5.07. The smallest absolute Gasteiger partial charge is 0.319 e. The Bertz CT molecular complexity index is 736. The molecule has 0 aliphatic rings. The summed E-state index contributed by atoms with van der Waals surface area (Å²) >= 11 is 5.78. The van der Waals surface area contributed by atoms with Gasteiger partial charge in [0.15, 0.2) is 0 Å². The fourth-order valence-electron chi connectivity index (χ4n) is 1.97. The van der Waals surface area contributed by atoms with Crippen molar-refractivity contribution >= 4 is 29.0 Å². The standard InChI is InChI=1S/C15H14ClN3O4/c16-13-7-12(5-6-14(13)19(22)23)18-15(21)17-8-10-3-1-2-4-11(10)9-20/h1-7,20H,8-9H2,(H2,17,18,21). The molecular formula is C15H14ClN3O4. The van der Waals surface area contributed by atoms with Gasteiger partial charge >= 0.3 is 6.03 Å². The summed E-state index contributed by atoms with van der Waals surface area (Å²) in [6.45, 7) is 0.126. The number of hydrogen-bond acceptors (Lipinski definition) is 4. The average molecular weight is 336 g/mol. The van der Waals surface area contributed by atoms with Crippen molar-refractivity contribution in [3.8, 4) is 0 Å². The van der Waals surface area contributed by atoms with Crippen LogP contribution in [-0.2, 0) is 13.2 Å². The van der Waals surface area contributed by atoms with Crippen LogP contribution in [0, 0.1) is 10.1 Å². The van der Waals surface area contributed by atoms with Crippen LogP contribution < -0.4 is 10.6 Å². The minimum atomic E-state index is -0.599. The van der Waals surface area contributed by atoms with Crippen LogP contribution in [0.5, 0.6) is 0 Å². The number of nitro benzene ring substituents is 1. The highest BCUT2D eigenvalue weighted by atomic mass is 35.5. The van der Waals surface area contributed by atoms with E-state index in [0.717, 1.165) is 11.1 Å². The summed E-state index contributed by atoms with van der Waals surface area (Å²) in [6.07, 6.45) is 0. The number of nitrogens with zero attached hydrogens (tertiary/aromatic N) is 1. The highest BCUT2D eigenvalue weighted by Gasteiger charge is 2.13. The molecule has 0 bridgehead atoms. The van der Waals surface area contributed by atoms with Crippen molar-refractivity contribution in [2.24, 2.45) is 0 Å². The second kappa shape index (κ2) is 7.57. The zero-order chi connectivity index (χ0) is 16.8. The van der Waals surface area contributed by atoms with Crippen LogP contribution in [0.1, 0.15) is 11.1 Å². The van der Waals surface area contributed by atoms with E-state index in [2.05, 4.69) is 10.6 Å². The maximum absolute atomic E-state index is 11.9. The maximum atomic E-state index is 11.9. The van der Waals surface area contributed by atoms with E-state index in [0.29, 0.717) is 5.69 Å². The summed E-state index contributed by atoms with van der Waals surface area (Å²) in [5, 5.41) is 25.0. The number of rotatable bonds is 5. The fourth-order valence-corrected chi connectivity index (χ4v) is 2.22. The first-order valence-electron chi connectivity index (χ1n) is 6.67. The van der Waals surface area contributed by atoms with Crippen molar-refractivity contribution in [1.82, 2.24) is 5.32 Å². The topological polar surface area (TPSA) is 104 Å². The molecule has 0 radical (unpaired) electrons. The molecule has 7 nitrogen and oxygen atoms in total. The van der Waals surface area contributed by atoms with Gasteiger partial charge < -0.3 is 15.7 Å². The van der Waals surface area contributed by atoms with Crippen molar-refractivity contribution in [2.45, 2.75) is 13.2 Å². The van der Waals surface area contributed by atoms with Crippen LogP contribution in [0.2, 0.25) is 5.02 Å². The lowest BCUT2D eigenvalue weighted by molar-refractivity contribution is -0.384. The number of nitro groups is 1. The molecule has 0 aliphatic heterocycles. The van der Waals surface area contributed by atoms with Crippen molar-refractivity contribution in [3.05, 3.63) is 68.7 Å². The number of hydrogen-bond donors (Lipinski definition) is 3. The molecule has 0 unspecified atom stereocenters. The molecule has 2 aromatic rings. The van der Waals surface area contributed by atoms with Gasteiger partial charge in [-0.1, -0.05) is 35.9 Å². The Labute approximate surface area is 137 Å². The number of halogens is 1. The molecule has 8 heteroatoms. The van der Waals surface area contributed by atoms with Gasteiger partial charge in [-0.3, -0.25) is 10.1 Å². The van der Waals surface area contributed by atoms with E-state index in [1.807, 2.05) is 6.07 Å². The summed E-state index contributed by atoms with van der Waals surface area (Å²) in [7, 11) is 0. The van der Waals surface area contributed by atoms with Crippen LogP contribution in [0.25, 0.3) is 0 Å². The molecule has 0 saturated carbocycles. The molecule has 0 heterocycles. The molecule has 0 aromatic heterocycles. The molecular weight excluding hydrogens is 322 g/mol. The molecule has 0 aliphatic carbocycles. The first kappa shape index (κ1) is 16.7. The third kappa shape index (κ3) is 4.41. The lowest BCUT2D eigenvalue weighted by Crippen LogP contribution is -2.28. The van der Waals surface area contributed by atoms with Crippen LogP contribution in [0.15, 0.2) is 42.5 Å². The summed E-state index contributed by atoms with van der Waals surface area (Å²) in [5.74, 6) is 0. The third-order valence-corrected chi connectivity index (χ3v) is 3.43. The van der Waals surface area contributed by atoms with Crippen LogP contribution >= 0.6 is 11.6 Å².